The number of benzene rings is 3. The molecule has 0 spiro atoms. The topological polar surface area (TPSA) is 57.6 Å². The molecule has 3 aromatic carbocycles. The van der Waals surface area contributed by atoms with Gasteiger partial charge in [-0.3, -0.25) is 14.5 Å². The molecule has 33 heavy (non-hydrogen) atoms. The van der Waals surface area contributed by atoms with E-state index in [0.29, 0.717) is 11.1 Å². The van der Waals surface area contributed by atoms with Gasteiger partial charge >= 0.3 is 0 Å². The Labute approximate surface area is 189 Å². The van der Waals surface area contributed by atoms with E-state index >= 15 is 0 Å². The van der Waals surface area contributed by atoms with Gasteiger partial charge in [-0.1, -0.05) is 30.3 Å². The molecule has 0 bridgehead atoms. The van der Waals surface area contributed by atoms with E-state index in [9.17, 15) is 23.5 Å². The molecular weight excluding hydrogens is 424 g/mol. The van der Waals surface area contributed by atoms with Gasteiger partial charge in [0.25, 0.3) is 11.7 Å². The zero-order valence-electron chi connectivity index (χ0n) is 17.7. The molecule has 1 N–H and O–H groups in total. The molecule has 1 aliphatic carbocycles. The number of Topliss-reactive ketones (excluding diaryl/α,β-unsaturated/α-hetero) is 1. The highest BCUT2D eigenvalue weighted by Crippen LogP contribution is 2.42. The molecule has 5 rings (SSSR count). The summed E-state index contributed by atoms with van der Waals surface area (Å²) in [6.07, 6.45) is 4.02. The van der Waals surface area contributed by atoms with Crippen LogP contribution in [0.4, 0.5) is 14.5 Å². The van der Waals surface area contributed by atoms with Crippen LogP contribution in [0.3, 0.4) is 0 Å². The largest absolute Gasteiger partial charge is 0.507 e. The van der Waals surface area contributed by atoms with Crippen LogP contribution in [0.15, 0.2) is 72.3 Å². The van der Waals surface area contributed by atoms with Gasteiger partial charge in [0, 0.05) is 11.3 Å². The van der Waals surface area contributed by atoms with Gasteiger partial charge in [-0.25, -0.2) is 8.78 Å². The highest BCUT2D eigenvalue weighted by molar-refractivity contribution is 6.51. The first-order valence-electron chi connectivity index (χ1n) is 10.9. The summed E-state index contributed by atoms with van der Waals surface area (Å²) in [5.74, 6) is -3.09. The third kappa shape index (κ3) is 3.71. The molecule has 1 heterocycles. The number of aliphatic hydroxyl groups excluding tert-OH is 1. The Hall–Kier alpha value is -3.80. The summed E-state index contributed by atoms with van der Waals surface area (Å²) in [4.78, 5) is 27.4. The smallest absolute Gasteiger partial charge is 0.300 e. The minimum atomic E-state index is -1.02. The normalized spacial score (nSPS) is 19.6. The van der Waals surface area contributed by atoms with Crippen molar-refractivity contribution in [2.24, 2.45) is 0 Å². The van der Waals surface area contributed by atoms with Gasteiger partial charge in [-0.2, -0.15) is 0 Å². The van der Waals surface area contributed by atoms with E-state index in [1.54, 1.807) is 6.07 Å². The van der Waals surface area contributed by atoms with Crippen LogP contribution in [0.2, 0.25) is 0 Å². The first kappa shape index (κ1) is 21.1. The second-order valence-corrected chi connectivity index (χ2v) is 8.39. The highest BCUT2D eigenvalue weighted by Gasteiger charge is 2.47. The third-order valence-corrected chi connectivity index (χ3v) is 6.34. The molecule has 0 radical (unpaired) electrons. The number of anilines is 1. The quantitative estimate of drug-likeness (QED) is 0.330. The maximum absolute atomic E-state index is 14.0. The minimum absolute atomic E-state index is 0.105. The van der Waals surface area contributed by atoms with Gasteiger partial charge in [-0.15, -0.1) is 0 Å². The molecule has 1 saturated heterocycles. The fourth-order valence-corrected chi connectivity index (χ4v) is 4.72. The van der Waals surface area contributed by atoms with Crippen molar-refractivity contribution in [3.05, 3.63) is 106 Å². The molecule has 0 aromatic heterocycles. The average molecular weight is 445 g/mol. The standard InChI is InChI=1S/C27H21F2NO3/c28-20-12-10-17(11-13-20)24-23(25(31)19-9-8-16-4-1-2-5-18(16)14-19)26(32)27(33)30(24)22-7-3-6-21(29)15-22/h3,6-15,24,31H,1-2,4-5H2/b25-23-. The second-order valence-electron chi connectivity index (χ2n) is 8.39. The number of halogens is 2. The first-order chi connectivity index (χ1) is 15.9. The van der Waals surface area contributed by atoms with E-state index in [1.807, 2.05) is 12.1 Å². The number of hydrogen-bond acceptors (Lipinski definition) is 3. The van der Waals surface area contributed by atoms with Gasteiger partial charge in [0.05, 0.1) is 11.6 Å². The SMILES string of the molecule is O=C1C(=O)N(c2cccc(F)c2)C(c2ccc(F)cc2)/C1=C(/O)c1ccc2c(c1)CCCC2. The number of fused-ring (bicyclic) bond motifs is 1. The van der Waals surface area contributed by atoms with Crippen molar-refractivity contribution in [1.82, 2.24) is 0 Å². The van der Waals surface area contributed by atoms with Crippen molar-refractivity contribution >= 4 is 23.1 Å². The lowest BCUT2D eigenvalue weighted by atomic mass is 9.88. The summed E-state index contributed by atoms with van der Waals surface area (Å²) < 4.78 is 27.6. The summed E-state index contributed by atoms with van der Waals surface area (Å²) in [6, 6.07) is 15.2. The number of carbonyl (C=O) groups excluding carboxylic acids is 2. The van der Waals surface area contributed by atoms with Crippen LogP contribution in [0, 0.1) is 11.6 Å². The van der Waals surface area contributed by atoms with Crippen LogP contribution >= 0.6 is 0 Å². The van der Waals surface area contributed by atoms with Crippen LogP contribution in [0.1, 0.15) is 41.1 Å². The number of aryl methyl sites for hydroxylation is 2. The number of carbonyl (C=O) groups is 2. The first-order valence-corrected chi connectivity index (χ1v) is 10.9. The van der Waals surface area contributed by atoms with Crippen molar-refractivity contribution in [3.8, 4) is 0 Å². The van der Waals surface area contributed by atoms with Gasteiger partial charge in [0.2, 0.25) is 0 Å². The van der Waals surface area contributed by atoms with Crippen molar-refractivity contribution in [2.45, 2.75) is 31.7 Å². The second kappa shape index (κ2) is 8.28. The lowest BCUT2D eigenvalue weighted by Gasteiger charge is -2.25. The van der Waals surface area contributed by atoms with Crippen LogP contribution in [0.5, 0.6) is 0 Å². The maximum Gasteiger partial charge on any atom is 0.300 e. The summed E-state index contributed by atoms with van der Waals surface area (Å²) in [5.41, 5.74) is 3.28. The lowest BCUT2D eigenvalue weighted by molar-refractivity contribution is -0.132. The Kier molecular flexibility index (Phi) is 5.29. The van der Waals surface area contributed by atoms with Gasteiger partial charge < -0.3 is 5.11 Å². The number of hydrogen-bond donors (Lipinski definition) is 1. The van der Waals surface area contributed by atoms with E-state index in [4.69, 9.17) is 0 Å². The van der Waals surface area contributed by atoms with Crippen LogP contribution in [-0.4, -0.2) is 16.8 Å². The Morgan fingerprint density at radius 2 is 1.58 bits per heavy atom. The molecule has 2 aliphatic rings. The van der Waals surface area contributed by atoms with E-state index in [1.165, 1.54) is 48.0 Å². The fraction of sp³-hybridized carbons (Fsp3) is 0.185. The van der Waals surface area contributed by atoms with Crippen molar-refractivity contribution in [2.75, 3.05) is 4.90 Å². The van der Waals surface area contributed by atoms with Gasteiger partial charge in [-0.05, 0) is 78.8 Å². The molecular formula is C27H21F2NO3. The molecule has 1 atom stereocenters. The number of amides is 1. The third-order valence-electron chi connectivity index (χ3n) is 6.34. The number of rotatable bonds is 3. The molecule has 4 nitrogen and oxygen atoms in total. The monoisotopic (exact) mass is 445 g/mol. The molecule has 0 saturated carbocycles. The zero-order valence-corrected chi connectivity index (χ0v) is 17.7. The zero-order chi connectivity index (χ0) is 23.1. The lowest BCUT2D eigenvalue weighted by Crippen LogP contribution is -2.29. The van der Waals surface area contributed by atoms with Crippen molar-refractivity contribution < 1.29 is 23.5 Å². The molecule has 1 fully saturated rings. The Morgan fingerprint density at radius 1 is 0.848 bits per heavy atom. The molecule has 6 heteroatoms. The average Bonchev–Trinajstić information content (AvgIpc) is 3.09. The number of aliphatic hydroxyl groups is 1. The van der Waals surface area contributed by atoms with Crippen molar-refractivity contribution in [3.63, 3.8) is 0 Å². The van der Waals surface area contributed by atoms with Crippen LogP contribution in [-0.2, 0) is 22.4 Å². The molecule has 3 aromatic rings. The Morgan fingerprint density at radius 3 is 2.30 bits per heavy atom. The number of ketones is 1. The minimum Gasteiger partial charge on any atom is -0.507 e. The highest BCUT2D eigenvalue weighted by atomic mass is 19.1. The maximum atomic E-state index is 14.0. The predicted molar refractivity (Wildman–Crippen MR) is 121 cm³/mol. The molecule has 1 aliphatic heterocycles. The summed E-state index contributed by atoms with van der Waals surface area (Å²) in [5, 5.41) is 11.2. The van der Waals surface area contributed by atoms with Gasteiger partial charge in [0.15, 0.2) is 0 Å². The summed E-state index contributed by atoms with van der Waals surface area (Å²) >= 11 is 0. The molecule has 166 valence electrons. The Balaban J connectivity index is 1.69. The van der Waals surface area contributed by atoms with Crippen LogP contribution in [0.25, 0.3) is 5.76 Å². The fourth-order valence-electron chi connectivity index (χ4n) is 4.72. The summed E-state index contributed by atoms with van der Waals surface area (Å²) in [7, 11) is 0. The summed E-state index contributed by atoms with van der Waals surface area (Å²) in [6.45, 7) is 0. The van der Waals surface area contributed by atoms with Crippen molar-refractivity contribution in [1.29, 1.82) is 0 Å². The van der Waals surface area contributed by atoms with Crippen LogP contribution < -0.4 is 4.90 Å². The molecule has 1 amide bonds. The predicted octanol–water partition coefficient (Wildman–Crippen LogP) is 5.47. The van der Waals surface area contributed by atoms with E-state index in [2.05, 4.69) is 0 Å². The Bertz CT molecular complexity index is 1300. The van der Waals surface area contributed by atoms with E-state index in [-0.39, 0.29) is 17.0 Å². The van der Waals surface area contributed by atoms with E-state index in [0.717, 1.165) is 42.2 Å². The van der Waals surface area contributed by atoms with E-state index < -0.39 is 29.4 Å². The molecule has 1 unspecified atom stereocenters. The van der Waals surface area contributed by atoms with Gasteiger partial charge in [0.1, 0.15) is 17.4 Å². The number of nitrogens with zero attached hydrogens (tertiary/aromatic N) is 1.